The lowest BCUT2D eigenvalue weighted by Crippen LogP contribution is -2.14. The molecular formula is C19H19BrN2O3. The van der Waals surface area contributed by atoms with E-state index in [0.29, 0.717) is 30.2 Å². The van der Waals surface area contributed by atoms with Crippen molar-refractivity contribution in [1.29, 1.82) is 0 Å². The number of aryl methyl sites for hydroxylation is 1. The van der Waals surface area contributed by atoms with Crippen molar-refractivity contribution in [3.8, 4) is 11.5 Å². The molecular weight excluding hydrogens is 384 g/mol. The van der Waals surface area contributed by atoms with E-state index in [1.54, 1.807) is 32.4 Å². The zero-order chi connectivity index (χ0) is 17.8. The van der Waals surface area contributed by atoms with E-state index < -0.39 is 0 Å². The number of carbonyl (C=O) groups excluding carboxylic acids is 1. The van der Waals surface area contributed by atoms with Crippen LogP contribution in [0.4, 0.5) is 5.69 Å². The molecule has 0 spiro atoms. The van der Waals surface area contributed by atoms with Crippen LogP contribution in [0.15, 0.2) is 53.1 Å². The Morgan fingerprint density at radius 3 is 2.52 bits per heavy atom. The first-order valence-corrected chi connectivity index (χ1v) is 8.66. The fourth-order valence-electron chi connectivity index (χ4n) is 2.71. The van der Waals surface area contributed by atoms with E-state index in [1.165, 1.54) is 0 Å². The minimum Gasteiger partial charge on any atom is -0.497 e. The third-order valence-electron chi connectivity index (χ3n) is 3.98. The number of ether oxygens (including phenoxy) is 2. The predicted octanol–water partition coefficient (Wildman–Crippen LogP) is 4.45. The van der Waals surface area contributed by atoms with Gasteiger partial charge >= 0.3 is 0 Å². The van der Waals surface area contributed by atoms with Gasteiger partial charge in [0.15, 0.2) is 0 Å². The molecule has 0 unspecified atom stereocenters. The van der Waals surface area contributed by atoms with Crippen LogP contribution in [-0.2, 0) is 11.3 Å². The fourth-order valence-corrected chi connectivity index (χ4v) is 3.19. The Balaban J connectivity index is 1.67. The van der Waals surface area contributed by atoms with Crippen LogP contribution in [0.1, 0.15) is 6.42 Å². The van der Waals surface area contributed by atoms with Crippen LogP contribution < -0.4 is 14.8 Å². The number of rotatable bonds is 6. The summed E-state index contributed by atoms with van der Waals surface area (Å²) in [6, 6.07) is 13.4. The molecule has 1 heterocycles. The molecule has 0 atom stereocenters. The molecule has 0 aliphatic carbocycles. The lowest BCUT2D eigenvalue weighted by Gasteiger charge is -2.10. The lowest BCUT2D eigenvalue weighted by molar-refractivity contribution is -0.116. The summed E-state index contributed by atoms with van der Waals surface area (Å²) in [6.07, 6.45) is 2.37. The zero-order valence-corrected chi connectivity index (χ0v) is 15.7. The number of fused-ring (bicyclic) bond motifs is 1. The van der Waals surface area contributed by atoms with Crippen LogP contribution in [0.5, 0.6) is 11.5 Å². The van der Waals surface area contributed by atoms with Gasteiger partial charge in [0.25, 0.3) is 0 Å². The predicted molar refractivity (Wildman–Crippen MR) is 102 cm³/mol. The van der Waals surface area contributed by atoms with Crippen LogP contribution in [0, 0.1) is 0 Å². The number of amides is 1. The van der Waals surface area contributed by atoms with Gasteiger partial charge in [-0.1, -0.05) is 22.0 Å². The highest BCUT2D eigenvalue weighted by molar-refractivity contribution is 9.10. The summed E-state index contributed by atoms with van der Waals surface area (Å²) in [4.78, 5) is 12.3. The van der Waals surface area contributed by atoms with Gasteiger partial charge in [-0.2, -0.15) is 0 Å². The molecule has 25 heavy (non-hydrogen) atoms. The molecule has 5 nitrogen and oxygen atoms in total. The minimum absolute atomic E-state index is 0.0628. The Hall–Kier alpha value is -2.47. The molecule has 1 amide bonds. The van der Waals surface area contributed by atoms with Gasteiger partial charge in [0.05, 0.1) is 14.2 Å². The Bertz CT molecular complexity index is 883. The second kappa shape index (κ2) is 7.61. The summed E-state index contributed by atoms with van der Waals surface area (Å²) >= 11 is 3.55. The van der Waals surface area contributed by atoms with Crippen molar-refractivity contribution in [2.45, 2.75) is 13.0 Å². The molecule has 0 aliphatic rings. The number of methoxy groups -OCH3 is 2. The smallest absolute Gasteiger partial charge is 0.226 e. The van der Waals surface area contributed by atoms with Gasteiger partial charge in [-0.05, 0) is 18.2 Å². The van der Waals surface area contributed by atoms with E-state index in [2.05, 4.69) is 25.8 Å². The first-order chi connectivity index (χ1) is 12.1. The second-order valence-electron chi connectivity index (χ2n) is 5.58. The first-order valence-electron chi connectivity index (χ1n) is 7.87. The number of nitrogens with one attached hydrogen (secondary N) is 1. The molecule has 1 N–H and O–H groups in total. The van der Waals surface area contributed by atoms with Crippen molar-refractivity contribution in [3.05, 3.63) is 53.1 Å². The summed E-state index contributed by atoms with van der Waals surface area (Å²) in [5.41, 5.74) is 1.76. The van der Waals surface area contributed by atoms with Crippen molar-refractivity contribution in [2.75, 3.05) is 19.5 Å². The van der Waals surface area contributed by atoms with Gasteiger partial charge < -0.3 is 19.4 Å². The molecule has 0 bridgehead atoms. The number of halogens is 1. The molecule has 0 fully saturated rings. The van der Waals surface area contributed by atoms with E-state index in [9.17, 15) is 4.79 Å². The van der Waals surface area contributed by atoms with Crippen molar-refractivity contribution in [3.63, 3.8) is 0 Å². The Labute approximate surface area is 154 Å². The van der Waals surface area contributed by atoms with Crippen molar-refractivity contribution in [2.24, 2.45) is 0 Å². The molecule has 2 aromatic carbocycles. The molecule has 3 aromatic rings. The number of hydrogen-bond donors (Lipinski definition) is 1. The Morgan fingerprint density at radius 2 is 1.84 bits per heavy atom. The zero-order valence-electron chi connectivity index (χ0n) is 14.1. The third kappa shape index (κ3) is 3.96. The van der Waals surface area contributed by atoms with Gasteiger partial charge in [0, 0.05) is 58.4 Å². The van der Waals surface area contributed by atoms with Crippen LogP contribution in [0.2, 0.25) is 0 Å². The molecule has 0 saturated heterocycles. The maximum Gasteiger partial charge on any atom is 0.226 e. The maximum atomic E-state index is 12.3. The van der Waals surface area contributed by atoms with Crippen molar-refractivity contribution in [1.82, 2.24) is 4.57 Å². The Kier molecular flexibility index (Phi) is 5.28. The van der Waals surface area contributed by atoms with E-state index in [-0.39, 0.29) is 5.91 Å². The number of aromatic nitrogens is 1. The highest BCUT2D eigenvalue weighted by atomic mass is 79.9. The summed E-state index contributed by atoms with van der Waals surface area (Å²) in [6.45, 7) is 0.604. The topological polar surface area (TPSA) is 52.5 Å². The van der Waals surface area contributed by atoms with E-state index in [4.69, 9.17) is 9.47 Å². The van der Waals surface area contributed by atoms with Crippen LogP contribution >= 0.6 is 15.9 Å². The lowest BCUT2D eigenvalue weighted by atomic mass is 10.2. The molecule has 0 saturated carbocycles. The summed E-state index contributed by atoms with van der Waals surface area (Å²) < 4.78 is 13.6. The number of hydrogen-bond acceptors (Lipinski definition) is 3. The minimum atomic E-state index is -0.0628. The van der Waals surface area contributed by atoms with Crippen molar-refractivity contribution < 1.29 is 14.3 Å². The monoisotopic (exact) mass is 402 g/mol. The van der Waals surface area contributed by atoms with Gasteiger partial charge in [-0.3, -0.25) is 4.79 Å². The molecule has 6 heteroatoms. The summed E-state index contributed by atoms with van der Waals surface area (Å²) in [5.74, 6) is 1.21. The van der Waals surface area contributed by atoms with E-state index in [0.717, 1.165) is 15.4 Å². The normalized spacial score (nSPS) is 10.7. The average Bonchev–Trinajstić information content (AvgIpc) is 3.04. The largest absolute Gasteiger partial charge is 0.497 e. The maximum absolute atomic E-state index is 12.3. The number of nitrogens with zero attached hydrogens (tertiary/aromatic N) is 1. The van der Waals surface area contributed by atoms with Crippen molar-refractivity contribution >= 4 is 38.4 Å². The van der Waals surface area contributed by atoms with Crippen LogP contribution in [0.3, 0.4) is 0 Å². The first kappa shape index (κ1) is 17.4. The quantitative estimate of drug-likeness (QED) is 0.662. The summed E-state index contributed by atoms with van der Waals surface area (Å²) in [7, 11) is 3.16. The van der Waals surface area contributed by atoms with Gasteiger partial charge in [-0.15, -0.1) is 0 Å². The number of carbonyl (C=O) groups is 1. The molecule has 3 rings (SSSR count). The van der Waals surface area contributed by atoms with E-state index in [1.807, 2.05) is 30.5 Å². The SMILES string of the molecule is COc1cc(NC(=O)CCn2ccc3c(Br)cccc32)cc(OC)c1. The van der Waals surface area contributed by atoms with Gasteiger partial charge in [0.1, 0.15) is 11.5 Å². The molecule has 1 aromatic heterocycles. The highest BCUT2D eigenvalue weighted by Gasteiger charge is 2.08. The molecule has 130 valence electrons. The second-order valence-corrected chi connectivity index (χ2v) is 6.44. The third-order valence-corrected chi connectivity index (χ3v) is 4.67. The van der Waals surface area contributed by atoms with Crippen LogP contribution in [-0.4, -0.2) is 24.7 Å². The van der Waals surface area contributed by atoms with Crippen LogP contribution in [0.25, 0.3) is 10.9 Å². The van der Waals surface area contributed by atoms with E-state index >= 15 is 0 Å². The number of benzene rings is 2. The van der Waals surface area contributed by atoms with Gasteiger partial charge in [0.2, 0.25) is 5.91 Å². The number of anilines is 1. The average molecular weight is 403 g/mol. The highest BCUT2D eigenvalue weighted by Crippen LogP contribution is 2.26. The molecule has 0 aliphatic heterocycles. The standard InChI is InChI=1S/C19H19BrN2O3/c1-24-14-10-13(11-15(12-14)25-2)21-19(23)7-9-22-8-6-16-17(20)4-3-5-18(16)22/h3-6,8,10-12H,7,9H2,1-2H3,(H,21,23). The van der Waals surface area contributed by atoms with Gasteiger partial charge in [-0.25, -0.2) is 0 Å². The molecule has 0 radical (unpaired) electrons. The summed E-state index contributed by atoms with van der Waals surface area (Å²) in [5, 5.41) is 4.03. The Morgan fingerprint density at radius 1 is 1.12 bits per heavy atom. The fraction of sp³-hybridized carbons (Fsp3) is 0.211.